The van der Waals surface area contributed by atoms with Crippen LogP contribution < -0.4 is 0 Å². The molecule has 0 spiro atoms. The van der Waals surface area contributed by atoms with E-state index in [2.05, 4.69) is 33.8 Å². The third-order valence-electron chi connectivity index (χ3n) is 3.37. The van der Waals surface area contributed by atoms with Crippen molar-refractivity contribution >= 4 is 0 Å². The Morgan fingerprint density at radius 1 is 1.31 bits per heavy atom. The van der Waals surface area contributed by atoms with E-state index in [4.69, 9.17) is 4.74 Å². The maximum Gasteiger partial charge on any atom is 0.0473 e. The molecule has 0 bridgehead atoms. The van der Waals surface area contributed by atoms with Crippen molar-refractivity contribution in [1.29, 1.82) is 0 Å². The minimum atomic E-state index is 0.240. The molecule has 1 aliphatic rings. The average molecular weight is 180 g/mol. The van der Waals surface area contributed by atoms with Crippen LogP contribution in [0.15, 0.2) is 22.8 Å². The molecular formula is C12H20O. The summed E-state index contributed by atoms with van der Waals surface area (Å²) in [6.07, 6.45) is 3.46. The second kappa shape index (κ2) is 3.67. The molecule has 0 saturated heterocycles. The van der Waals surface area contributed by atoms with Gasteiger partial charge in [0, 0.05) is 19.1 Å². The monoisotopic (exact) mass is 180 g/mol. The predicted octanol–water partition coefficient (Wildman–Crippen LogP) is 3.33. The molecule has 0 radical (unpaired) electrons. The molecule has 13 heavy (non-hydrogen) atoms. The van der Waals surface area contributed by atoms with Gasteiger partial charge in [-0.25, -0.2) is 0 Å². The normalized spacial score (nSPS) is 28.2. The second-order valence-electron chi connectivity index (χ2n) is 4.24. The number of rotatable bonds is 3. The van der Waals surface area contributed by atoms with Crippen molar-refractivity contribution in [2.45, 2.75) is 34.1 Å². The standard InChI is InChI=1S/C12H20O/c1-9-8-12(4,6-7-13-5)11(3)10(9)2/h8H,6-7H2,1-5H3. The SMILES string of the molecule is COCCC1(C)C=C(C)C(C)=C1C. The van der Waals surface area contributed by atoms with E-state index < -0.39 is 0 Å². The van der Waals surface area contributed by atoms with Crippen LogP contribution in [0, 0.1) is 5.41 Å². The van der Waals surface area contributed by atoms with Gasteiger partial charge in [0.15, 0.2) is 0 Å². The van der Waals surface area contributed by atoms with E-state index in [1.54, 1.807) is 7.11 Å². The fourth-order valence-corrected chi connectivity index (χ4v) is 1.99. The topological polar surface area (TPSA) is 9.23 Å². The summed E-state index contributed by atoms with van der Waals surface area (Å²) in [5, 5.41) is 0. The molecule has 1 unspecified atom stereocenters. The van der Waals surface area contributed by atoms with E-state index in [0.29, 0.717) is 0 Å². The minimum absolute atomic E-state index is 0.240. The lowest BCUT2D eigenvalue weighted by molar-refractivity contribution is 0.172. The average Bonchev–Trinajstić information content (AvgIpc) is 2.28. The Hall–Kier alpha value is -0.560. The predicted molar refractivity (Wildman–Crippen MR) is 56.7 cm³/mol. The Morgan fingerprint density at radius 3 is 2.31 bits per heavy atom. The number of ether oxygens (including phenoxy) is 1. The number of methoxy groups -OCH3 is 1. The highest BCUT2D eigenvalue weighted by Crippen LogP contribution is 2.42. The van der Waals surface area contributed by atoms with Gasteiger partial charge in [0.1, 0.15) is 0 Å². The maximum atomic E-state index is 5.14. The molecule has 1 heteroatoms. The number of hydrogen-bond donors (Lipinski definition) is 0. The van der Waals surface area contributed by atoms with Crippen molar-refractivity contribution in [3.8, 4) is 0 Å². The molecule has 1 aliphatic carbocycles. The first-order valence-electron chi connectivity index (χ1n) is 4.88. The summed E-state index contributed by atoms with van der Waals surface area (Å²) in [5.74, 6) is 0. The summed E-state index contributed by atoms with van der Waals surface area (Å²) < 4.78 is 5.14. The lowest BCUT2D eigenvalue weighted by Gasteiger charge is -2.24. The summed E-state index contributed by atoms with van der Waals surface area (Å²) in [6, 6.07) is 0. The number of allylic oxidation sites excluding steroid dienone is 4. The van der Waals surface area contributed by atoms with Crippen molar-refractivity contribution in [2.75, 3.05) is 13.7 Å². The zero-order valence-corrected chi connectivity index (χ0v) is 9.40. The van der Waals surface area contributed by atoms with Crippen molar-refractivity contribution in [3.63, 3.8) is 0 Å². The molecule has 0 amide bonds. The van der Waals surface area contributed by atoms with Crippen LogP contribution in [0.5, 0.6) is 0 Å². The Labute approximate surface area is 81.5 Å². The molecule has 1 rings (SSSR count). The smallest absolute Gasteiger partial charge is 0.0473 e. The van der Waals surface area contributed by atoms with Gasteiger partial charge in [-0.05, 0) is 32.8 Å². The van der Waals surface area contributed by atoms with Crippen LogP contribution in [0.25, 0.3) is 0 Å². The molecule has 0 fully saturated rings. The largest absolute Gasteiger partial charge is 0.385 e. The van der Waals surface area contributed by atoms with Crippen LogP contribution in [-0.4, -0.2) is 13.7 Å². The molecule has 0 aromatic heterocycles. The Morgan fingerprint density at radius 2 is 1.92 bits per heavy atom. The molecule has 74 valence electrons. The fourth-order valence-electron chi connectivity index (χ4n) is 1.99. The highest BCUT2D eigenvalue weighted by Gasteiger charge is 2.29. The maximum absolute atomic E-state index is 5.14. The van der Waals surface area contributed by atoms with Gasteiger partial charge in [-0.15, -0.1) is 0 Å². The lowest BCUT2D eigenvalue weighted by Crippen LogP contribution is -2.15. The van der Waals surface area contributed by atoms with Crippen LogP contribution >= 0.6 is 0 Å². The van der Waals surface area contributed by atoms with Gasteiger partial charge in [0.25, 0.3) is 0 Å². The first-order valence-corrected chi connectivity index (χ1v) is 4.88. The molecule has 0 saturated carbocycles. The van der Waals surface area contributed by atoms with E-state index in [-0.39, 0.29) is 5.41 Å². The molecule has 0 aromatic carbocycles. The van der Waals surface area contributed by atoms with Crippen molar-refractivity contribution in [3.05, 3.63) is 22.8 Å². The van der Waals surface area contributed by atoms with Gasteiger partial charge in [-0.2, -0.15) is 0 Å². The van der Waals surface area contributed by atoms with Gasteiger partial charge in [0.05, 0.1) is 0 Å². The van der Waals surface area contributed by atoms with Crippen molar-refractivity contribution in [1.82, 2.24) is 0 Å². The van der Waals surface area contributed by atoms with Gasteiger partial charge >= 0.3 is 0 Å². The van der Waals surface area contributed by atoms with Crippen LogP contribution in [0.2, 0.25) is 0 Å². The summed E-state index contributed by atoms with van der Waals surface area (Å²) in [6.45, 7) is 9.76. The Bertz CT molecular complexity index is 260. The van der Waals surface area contributed by atoms with E-state index >= 15 is 0 Å². The van der Waals surface area contributed by atoms with Gasteiger partial charge in [-0.3, -0.25) is 0 Å². The van der Waals surface area contributed by atoms with Crippen LogP contribution in [0.1, 0.15) is 34.1 Å². The molecule has 1 nitrogen and oxygen atoms in total. The molecule has 1 atom stereocenters. The summed E-state index contributed by atoms with van der Waals surface area (Å²) >= 11 is 0. The Balaban J connectivity index is 2.82. The van der Waals surface area contributed by atoms with Crippen molar-refractivity contribution < 1.29 is 4.74 Å². The zero-order chi connectivity index (χ0) is 10.1. The van der Waals surface area contributed by atoms with Crippen LogP contribution in [0.3, 0.4) is 0 Å². The van der Waals surface area contributed by atoms with Gasteiger partial charge in [-0.1, -0.05) is 24.1 Å². The van der Waals surface area contributed by atoms with E-state index in [9.17, 15) is 0 Å². The molecular weight excluding hydrogens is 160 g/mol. The van der Waals surface area contributed by atoms with Crippen molar-refractivity contribution in [2.24, 2.45) is 5.41 Å². The van der Waals surface area contributed by atoms with Crippen LogP contribution in [-0.2, 0) is 4.74 Å². The molecule has 0 aromatic rings. The van der Waals surface area contributed by atoms with Gasteiger partial charge < -0.3 is 4.74 Å². The molecule has 0 N–H and O–H groups in total. The van der Waals surface area contributed by atoms with Gasteiger partial charge in [0.2, 0.25) is 0 Å². The zero-order valence-electron chi connectivity index (χ0n) is 9.40. The first-order chi connectivity index (χ1) is 6.01. The highest BCUT2D eigenvalue weighted by molar-refractivity contribution is 5.44. The summed E-state index contributed by atoms with van der Waals surface area (Å²) in [5.41, 5.74) is 4.63. The van der Waals surface area contributed by atoms with Crippen LogP contribution in [0.4, 0.5) is 0 Å². The van der Waals surface area contributed by atoms with E-state index in [1.807, 2.05) is 0 Å². The molecule has 0 heterocycles. The third-order valence-corrected chi connectivity index (χ3v) is 3.37. The quantitative estimate of drug-likeness (QED) is 0.647. The number of hydrogen-bond acceptors (Lipinski definition) is 1. The summed E-state index contributed by atoms with van der Waals surface area (Å²) in [7, 11) is 1.76. The summed E-state index contributed by atoms with van der Waals surface area (Å²) in [4.78, 5) is 0. The Kier molecular flexibility index (Phi) is 2.97. The third kappa shape index (κ3) is 1.86. The first kappa shape index (κ1) is 10.5. The lowest BCUT2D eigenvalue weighted by atomic mass is 9.82. The fraction of sp³-hybridized carbons (Fsp3) is 0.667. The second-order valence-corrected chi connectivity index (χ2v) is 4.24. The van der Waals surface area contributed by atoms with E-state index in [1.165, 1.54) is 16.7 Å². The minimum Gasteiger partial charge on any atom is -0.385 e. The molecule has 0 aliphatic heterocycles. The highest BCUT2D eigenvalue weighted by atomic mass is 16.5. The van der Waals surface area contributed by atoms with E-state index in [0.717, 1.165) is 13.0 Å².